The van der Waals surface area contributed by atoms with Crippen LogP contribution in [0.3, 0.4) is 0 Å². The van der Waals surface area contributed by atoms with Crippen LogP contribution in [0.15, 0.2) is 47.5 Å². The quantitative estimate of drug-likeness (QED) is 0.483. The van der Waals surface area contributed by atoms with Crippen LogP contribution in [0.5, 0.6) is 0 Å². The minimum atomic E-state index is 0.583. The molecule has 2 heteroatoms. The molecule has 2 aromatic rings. The van der Waals surface area contributed by atoms with Gasteiger partial charge in [-0.3, -0.25) is 9.79 Å². The SMILES string of the molecule is CCc1c(C)cccc1C=O.Cc1cccc(C=NC2CCCCC2)c1. The first-order valence-corrected chi connectivity index (χ1v) is 9.77. The van der Waals surface area contributed by atoms with Crippen molar-refractivity contribution in [2.75, 3.05) is 0 Å². The minimum Gasteiger partial charge on any atom is -0.298 e. The van der Waals surface area contributed by atoms with Gasteiger partial charge in [0.05, 0.1) is 0 Å². The lowest BCUT2D eigenvalue weighted by Crippen LogP contribution is -2.09. The molecular weight excluding hydrogens is 318 g/mol. The highest BCUT2D eigenvalue weighted by atomic mass is 16.1. The molecule has 3 rings (SSSR count). The summed E-state index contributed by atoms with van der Waals surface area (Å²) in [5.41, 5.74) is 5.75. The Morgan fingerprint density at radius 3 is 2.38 bits per heavy atom. The normalized spacial score (nSPS) is 14.7. The molecular formula is C24H31NO. The molecule has 0 bridgehead atoms. The zero-order chi connectivity index (χ0) is 18.8. The Bertz CT molecular complexity index is 727. The summed E-state index contributed by atoms with van der Waals surface area (Å²) in [5, 5.41) is 0. The largest absolute Gasteiger partial charge is 0.298 e. The summed E-state index contributed by atoms with van der Waals surface area (Å²) in [6, 6.07) is 14.9. The van der Waals surface area contributed by atoms with Gasteiger partial charge in [0.2, 0.25) is 0 Å². The maximum atomic E-state index is 10.5. The third kappa shape index (κ3) is 6.25. The number of aliphatic imine (C=N–C) groups is 1. The Balaban J connectivity index is 0.000000197. The molecule has 0 aliphatic heterocycles. The van der Waals surface area contributed by atoms with Crippen LogP contribution in [-0.2, 0) is 6.42 Å². The lowest BCUT2D eigenvalue weighted by molar-refractivity contribution is 0.112. The van der Waals surface area contributed by atoms with Gasteiger partial charge in [-0.2, -0.15) is 0 Å². The van der Waals surface area contributed by atoms with E-state index >= 15 is 0 Å². The van der Waals surface area contributed by atoms with Gasteiger partial charge in [0.15, 0.2) is 0 Å². The molecule has 1 saturated carbocycles. The molecule has 0 aromatic heterocycles. The summed E-state index contributed by atoms with van der Waals surface area (Å²) < 4.78 is 0. The number of hydrogen-bond donors (Lipinski definition) is 0. The monoisotopic (exact) mass is 349 g/mol. The van der Waals surface area contributed by atoms with Gasteiger partial charge in [0.1, 0.15) is 6.29 Å². The predicted octanol–water partition coefficient (Wildman–Crippen LogP) is 6.12. The fourth-order valence-corrected chi connectivity index (χ4v) is 3.49. The van der Waals surface area contributed by atoms with Gasteiger partial charge in [-0.15, -0.1) is 0 Å². The minimum absolute atomic E-state index is 0.583. The van der Waals surface area contributed by atoms with Gasteiger partial charge < -0.3 is 0 Å². The van der Waals surface area contributed by atoms with Crippen molar-refractivity contribution in [1.82, 2.24) is 0 Å². The Labute approximate surface area is 158 Å². The van der Waals surface area contributed by atoms with Crippen molar-refractivity contribution in [3.05, 3.63) is 70.3 Å². The fraction of sp³-hybridized carbons (Fsp3) is 0.417. The Hall–Kier alpha value is -2.22. The maximum absolute atomic E-state index is 10.5. The van der Waals surface area contributed by atoms with Crippen LogP contribution in [-0.4, -0.2) is 18.5 Å². The van der Waals surface area contributed by atoms with Crippen molar-refractivity contribution in [2.45, 2.75) is 65.3 Å². The molecule has 2 nitrogen and oxygen atoms in total. The van der Waals surface area contributed by atoms with E-state index < -0.39 is 0 Å². The smallest absolute Gasteiger partial charge is 0.150 e. The lowest BCUT2D eigenvalue weighted by Gasteiger charge is -2.17. The van der Waals surface area contributed by atoms with Crippen molar-refractivity contribution in [3.63, 3.8) is 0 Å². The van der Waals surface area contributed by atoms with E-state index in [1.165, 1.54) is 54.4 Å². The number of aldehydes is 1. The van der Waals surface area contributed by atoms with Gasteiger partial charge >= 0.3 is 0 Å². The third-order valence-electron chi connectivity index (χ3n) is 4.98. The molecule has 0 radical (unpaired) electrons. The van der Waals surface area contributed by atoms with E-state index in [1.807, 2.05) is 31.3 Å². The molecule has 1 fully saturated rings. The summed E-state index contributed by atoms with van der Waals surface area (Å²) in [4.78, 5) is 15.2. The summed E-state index contributed by atoms with van der Waals surface area (Å²) in [7, 11) is 0. The van der Waals surface area contributed by atoms with E-state index in [9.17, 15) is 4.79 Å². The number of benzene rings is 2. The van der Waals surface area contributed by atoms with Gasteiger partial charge in [0, 0.05) is 17.8 Å². The molecule has 0 unspecified atom stereocenters. The summed E-state index contributed by atoms with van der Waals surface area (Å²) in [5.74, 6) is 0. The molecule has 2 aromatic carbocycles. The van der Waals surface area contributed by atoms with Crippen LogP contribution >= 0.6 is 0 Å². The van der Waals surface area contributed by atoms with Crippen LogP contribution < -0.4 is 0 Å². The van der Waals surface area contributed by atoms with Crippen LogP contribution in [0.1, 0.15) is 71.6 Å². The summed E-state index contributed by atoms with van der Waals surface area (Å²) >= 11 is 0. The molecule has 0 spiro atoms. The molecule has 0 amide bonds. The van der Waals surface area contributed by atoms with Gasteiger partial charge in [-0.25, -0.2) is 0 Å². The number of rotatable bonds is 4. The fourth-order valence-electron chi connectivity index (χ4n) is 3.49. The van der Waals surface area contributed by atoms with Crippen LogP contribution in [0, 0.1) is 13.8 Å². The topological polar surface area (TPSA) is 29.4 Å². The second-order valence-electron chi connectivity index (χ2n) is 7.10. The Morgan fingerprint density at radius 1 is 1.04 bits per heavy atom. The van der Waals surface area contributed by atoms with Crippen molar-refractivity contribution in [2.24, 2.45) is 4.99 Å². The summed E-state index contributed by atoms with van der Waals surface area (Å²) in [6.45, 7) is 6.22. The highest BCUT2D eigenvalue weighted by Crippen LogP contribution is 2.20. The highest BCUT2D eigenvalue weighted by Gasteiger charge is 2.10. The first-order chi connectivity index (χ1) is 12.6. The number of hydrogen-bond acceptors (Lipinski definition) is 2. The van der Waals surface area contributed by atoms with E-state index in [0.717, 1.165) is 18.3 Å². The molecule has 138 valence electrons. The van der Waals surface area contributed by atoms with Crippen LogP contribution in [0.25, 0.3) is 0 Å². The number of aryl methyl sites for hydroxylation is 2. The van der Waals surface area contributed by atoms with E-state index in [0.29, 0.717) is 6.04 Å². The maximum Gasteiger partial charge on any atom is 0.150 e. The average Bonchev–Trinajstić information content (AvgIpc) is 2.67. The van der Waals surface area contributed by atoms with Gasteiger partial charge in [-0.1, -0.05) is 74.2 Å². The molecule has 0 atom stereocenters. The number of nitrogens with zero attached hydrogens (tertiary/aromatic N) is 1. The second-order valence-corrected chi connectivity index (χ2v) is 7.10. The predicted molar refractivity (Wildman–Crippen MR) is 112 cm³/mol. The first kappa shape index (κ1) is 20.1. The first-order valence-electron chi connectivity index (χ1n) is 9.77. The van der Waals surface area contributed by atoms with Gasteiger partial charge in [0.25, 0.3) is 0 Å². The summed E-state index contributed by atoms with van der Waals surface area (Å²) in [6.07, 6.45) is 10.6. The van der Waals surface area contributed by atoms with Crippen molar-refractivity contribution in [3.8, 4) is 0 Å². The van der Waals surface area contributed by atoms with E-state index in [2.05, 4.69) is 43.1 Å². The van der Waals surface area contributed by atoms with Crippen molar-refractivity contribution < 1.29 is 4.79 Å². The third-order valence-corrected chi connectivity index (χ3v) is 4.98. The Morgan fingerprint density at radius 2 is 1.77 bits per heavy atom. The Kier molecular flexibility index (Phi) is 8.27. The molecule has 0 saturated heterocycles. The van der Waals surface area contributed by atoms with Crippen LogP contribution in [0.4, 0.5) is 0 Å². The van der Waals surface area contributed by atoms with Gasteiger partial charge in [-0.05, 0) is 49.8 Å². The zero-order valence-corrected chi connectivity index (χ0v) is 16.4. The van der Waals surface area contributed by atoms with Crippen molar-refractivity contribution >= 4 is 12.5 Å². The lowest BCUT2D eigenvalue weighted by atomic mass is 9.96. The molecule has 0 N–H and O–H groups in total. The number of carbonyl (C=O) groups is 1. The zero-order valence-electron chi connectivity index (χ0n) is 16.4. The van der Waals surface area contributed by atoms with Crippen LogP contribution in [0.2, 0.25) is 0 Å². The molecule has 1 aliphatic rings. The average molecular weight is 350 g/mol. The van der Waals surface area contributed by atoms with Crippen molar-refractivity contribution in [1.29, 1.82) is 0 Å². The highest BCUT2D eigenvalue weighted by molar-refractivity contribution is 5.80. The second kappa shape index (κ2) is 10.7. The standard InChI is InChI=1S/C14H19N.C10H12O/c1-12-6-5-7-13(10-12)11-15-14-8-3-2-4-9-14;1-3-10-8(2)5-4-6-9(10)7-11/h5-7,10-11,14H,2-4,8-9H2,1H3;4-7H,3H2,1-2H3. The molecule has 0 heterocycles. The molecule has 26 heavy (non-hydrogen) atoms. The van der Waals surface area contributed by atoms with E-state index in [-0.39, 0.29) is 0 Å². The van der Waals surface area contributed by atoms with E-state index in [1.54, 1.807) is 0 Å². The number of carbonyl (C=O) groups excluding carboxylic acids is 1. The molecule has 1 aliphatic carbocycles. The van der Waals surface area contributed by atoms with E-state index in [4.69, 9.17) is 0 Å².